The van der Waals surface area contributed by atoms with Crippen LogP contribution in [0.3, 0.4) is 0 Å². The second kappa shape index (κ2) is 3.71. The van der Waals surface area contributed by atoms with Gasteiger partial charge in [0.1, 0.15) is 12.3 Å². The number of hydrogen-bond acceptors (Lipinski definition) is 3. The number of carbonyl (C=O) groups excluding carboxylic acids is 1. The van der Waals surface area contributed by atoms with Crippen molar-refractivity contribution < 1.29 is 19.0 Å². The van der Waals surface area contributed by atoms with Gasteiger partial charge in [0.05, 0.1) is 19.7 Å². The van der Waals surface area contributed by atoms with Crippen LogP contribution in [0.4, 0.5) is 9.18 Å². The first kappa shape index (κ1) is 9.25. The van der Waals surface area contributed by atoms with E-state index < -0.39 is 18.4 Å². The van der Waals surface area contributed by atoms with Gasteiger partial charge >= 0.3 is 6.09 Å². The normalized spacial score (nSPS) is 29.1. The summed E-state index contributed by atoms with van der Waals surface area (Å²) in [7, 11) is 0. The van der Waals surface area contributed by atoms with E-state index in [1.807, 2.05) is 0 Å². The number of aliphatic hydroxyl groups is 1. The fraction of sp³-hybridized carbons (Fsp3) is 0.857. The van der Waals surface area contributed by atoms with Gasteiger partial charge in [0.2, 0.25) is 0 Å². The first-order valence-electron chi connectivity index (χ1n) is 3.89. The maximum absolute atomic E-state index is 12.7. The SMILES string of the molecule is CCOC(=O)N1CC(O)C(F)C1. The minimum Gasteiger partial charge on any atom is -0.450 e. The highest BCUT2D eigenvalue weighted by Crippen LogP contribution is 2.13. The van der Waals surface area contributed by atoms with E-state index in [1.165, 1.54) is 4.90 Å². The zero-order valence-electron chi connectivity index (χ0n) is 6.86. The topological polar surface area (TPSA) is 49.8 Å². The van der Waals surface area contributed by atoms with E-state index in [-0.39, 0.29) is 19.7 Å². The molecule has 1 aliphatic heterocycles. The van der Waals surface area contributed by atoms with E-state index in [1.54, 1.807) is 6.92 Å². The lowest BCUT2D eigenvalue weighted by Crippen LogP contribution is -2.30. The van der Waals surface area contributed by atoms with Gasteiger partial charge in [-0.1, -0.05) is 0 Å². The van der Waals surface area contributed by atoms with Crippen LogP contribution < -0.4 is 0 Å². The van der Waals surface area contributed by atoms with E-state index in [4.69, 9.17) is 5.11 Å². The van der Waals surface area contributed by atoms with Gasteiger partial charge in [0, 0.05) is 0 Å². The Morgan fingerprint density at radius 3 is 2.83 bits per heavy atom. The molecule has 0 aromatic rings. The predicted molar refractivity (Wildman–Crippen MR) is 39.5 cm³/mol. The van der Waals surface area contributed by atoms with Crippen LogP contribution >= 0.6 is 0 Å². The number of alkyl halides is 1. The summed E-state index contributed by atoms with van der Waals surface area (Å²) >= 11 is 0. The van der Waals surface area contributed by atoms with Gasteiger partial charge in [-0.15, -0.1) is 0 Å². The lowest BCUT2D eigenvalue weighted by atomic mass is 10.3. The molecule has 0 aromatic carbocycles. The maximum Gasteiger partial charge on any atom is 0.409 e. The van der Waals surface area contributed by atoms with Gasteiger partial charge in [0.15, 0.2) is 0 Å². The molecule has 0 aliphatic carbocycles. The molecule has 12 heavy (non-hydrogen) atoms. The van der Waals surface area contributed by atoms with E-state index in [9.17, 15) is 9.18 Å². The van der Waals surface area contributed by atoms with Crippen LogP contribution in [0.25, 0.3) is 0 Å². The summed E-state index contributed by atoms with van der Waals surface area (Å²) in [6, 6.07) is 0. The monoisotopic (exact) mass is 177 g/mol. The molecule has 0 aromatic heterocycles. The third kappa shape index (κ3) is 1.85. The van der Waals surface area contributed by atoms with Gasteiger partial charge in [-0.25, -0.2) is 9.18 Å². The summed E-state index contributed by atoms with van der Waals surface area (Å²) in [5.74, 6) is 0. The van der Waals surface area contributed by atoms with Crippen molar-refractivity contribution in [2.45, 2.75) is 19.2 Å². The Hall–Kier alpha value is -0.840. The third-order valence-corrected chi connectivity index (χ3v) is 1.75. The molecule has 0 bridgehead atoms. The van der Waals surface area contributed by atoms with Gasteiger partial charge < -0.3 is 14.7 Å². The molecule has 4 nitrogen and oxygen atoms in total. The van der Waals surface area contributed by atoms with Crippen LogP contribution in [0, 0.1) is 0 Å². The molecule has 0 radical (unpaired) electrons. The zero-order valence-corrected chi connectivity index (χ0v) is 6.86. The zero-order chi connectivity index (χ0) is 9.14. The summed E-state index contributed by atoms with van der Waals surface area (Å²) in [6.07, 6.45) is -2.96. The summed E-state index contributed by atoms with van der Waals surface area (Å²) in [6.45, 7) is 1.90. The van der Waals surface area contributed by atoms with Crippen molar-refractivity contribution in [3.05, 3.63) is 0 Å². The molecule has 5 heteroatoms. The van der Waals surface area contributed by atoms with Crippen molar-refractivity contribution in [1.29, 1.82) is 0 Å². The fourth-order valence-electron chi connectivity index (χ4n) is 1.11. The number of nitrogens with zero attached hydrogens (tertiary/aromatic N) is 1. The molecule has 2 atom stereocenters. The highest BCUT2D eigenvalue weighted by Gasteiger charge is 2.34. The van der Waals surface area contributed by atoms with Gasteiger partial charge in [0.25, 0.3) is 0 Å². The largest absolute Gasteiger partial charge is 0.450 e. The van der Waals surface area contributed by atoms with Gasteiger partial charge in [-0.2, -0.15) is 0 Å². The molecule has 1 amide bonds. The van der Waals surface area contributed by atoms with Crippen molar-refractivity contribution in [1.82, 2.24) is 4.90 Å². The van der Waals surface area contributed by atoms with E-state index in [0.29, 0.717) is 0 Å². The van der Waals surface area contributed by atoms with E-state index in [0.717, 1.165) is 0 Å². The quantitative estimate of drug-likeness (QED) is 0.620. The molecular weight excluding hydrogens is 165 g/mol. The summed E-state index contributed by atoms with van der Waals surface area (Å²) < 4.78 is 17.3. The highest BCUT2D eigenvalue weighted by molar-refractivity contribution is 5.68. The number of hydrogen-bond donors (Lipinski definition) is 1. The van der Waals surface area contributed by atoms with Gasteiger partial charge in [-0.05, 0) is 6.92 Å². The van der Waals surface area contributed by atoms with Crippen LogP contribution in [0.5, 0.6) is 0 Å². The maximum atomic E-state index is 12.7. The molecule has 2 unspecified atom stereocenters. The lowest BCUT2D eigenvalue weighted by molar-refractivity contribution is 0.104. The van der Waals surface area contributed by atoms with Crippen molar-refractivity contribution in [2.24, 2.45) is 0 Å². The molecule has 1 heterocycles. The second-order valence-corrected chi connectivity index (χ2v) is 2.69. The molecule has 0 spiro atoms. The predicted octanol–water partition coefficient (Wildman–Crippen LogP) is 0.158. The molecule has 1 N–H and O–H groups in total. The average Bonchev–Trinajstić information content (AvgIpc) is 2.33. The number of halogens is 1. The number of ether oxygens (including phenoxy) is 1. The first-order valence-corrected chi connectivity index (χ1v) is 3.89. The number of likely N-dealkylation sites (tertiary alicyclic amines) is 1. The minimum atomic E-state index is -1.34. The van der Waals surface area contributed by atoms with Crippen LogP contribution in [0.2, 0.25) is 0 Å². The summed E-state index contributed by atoms with van der Waals surface area (Å²) in [4.78, 5) is 12.1. The van der Waals surface area contributed by atoms with Gasteiger partial charge in [-0.3, -0.25) is 0 Å². The van der Waals surface area contributed by atoms with Crippen LogP contribution in [0.1, 0.15) is 6.92 Å². The molecular formula is C7H12FNO3. The third-order valence-electron chi connectivity index (χ3n) is 1.75. The Balaban J connectivity index is 2.40. The lowest BCUT2D eigenvalue weighted by Gasteiger charge is -2.13. The Kier molecular flexibility index (Phi) is 2.86. The van der Waals surface area contributed by atoms with Crippen LogP contribution in [-0.4, -0.2) is 48.1 Å². The van der Waals surface area contributed by atoms with E-state index in [2.05, 4.69) is 4.74 Å². The van der Waals surface area contributed by atoms with Crippen molar-refractivity contribution in [3.8, 4) is 0 Å². The standard InChI is InChI=1S/C7H12FNO3/c1-2-12-7(11)9-3-5(8)6(10)4-9/h5-6,10H,2-4H2,1H3. The van der Waals surface area contributed by atoms with Crippen LogP contribution in [0.15, 0.2) is 0 Å². The smallest absolute Gasteiger partial charge is 0.409 e. The first-order chi connectivity index (χ1) is 5.65. The van der Waals surface area contributed by atoms with E-state index >= 15 is 0 Å². The molecule has 1 fully saturated rings. The molecule has 1 rings (SSSR count). The Labute approximate surface area is 69.9 Å². The molecule has 70 valence electrons. The minimum absolute atomic E-state index is 0.0278. The Morgan fingerprint density at radius 1 is 1.75 bits per heavy atom. The van der Waals surface area contributed by atoms with Crippen molar-refractivity contribution in [3.63, 3.8) is 0 Å². The number of carbonyl (C=O) groups is 1. The number of β-amino-alcohol motifs (C(OH)–C–C–N with tert-alkyl or cyclic N) is 1. The molecule has 1 saturated heterocycles. The van der Waals surface area contributed by atoms with Crippen molar-refractivity contribution >= 4 is 6.09 Å². The van der Waals surface area contributed by atoms with Crippen LogP contribution in [-0.2, 0) is 4.74 Å². The second-order valence-electron chi connectivity index (χ2n) is 2.69. The molecule has 0 saturated carbocycles. The Morgan fingerprint density at radius 2 is 2.42 bits per heavy atom. The number of rotatable bonds is 1. The summed E-state index contributed by atoms with van der Waals surface area (Å²) in [5.41, 5.74) is 0. The van der Waals surface area contributed by atoms with Crippen molar-refractivity contribution in [2.75, 3.05) is 19.7 Å². The fourth-order valence-corrected chi connectivity index (χ4v) is 1.11. The number of aliphatic hydroxyl groups excluding tert-OH is 1. The summed E-state index contributed by atoms with van der Waals surface area (Å²) in [5, 5.41) is 8.96. The Bertz CT molecular complexity index is 166. The molecule has 1 aliphatic rings. The highest BCUT2D eigenvalue weighted by atomic mass is 19.1. The number of amides is 1. The average molecular weight is 177 g/mol.